The minimum Gasteiger partial charge on any atom is -0.321 e. The van der Waals surface area contributed by atoms with Crippen molar-refractivity contribution in [2.24, 2.45) is 7.05 Å². The monoisotopic (exact) mass is 557 g/mol. The third-order valence-electron chi connectivity index (χ3n) is 6.04. The van der Waals surface area contributed by atoms with Crippen LogP contribution < -0.4 is 5.32 Å². The number of nitrogens with one attached hydrogen (secondary N) is 1. The lowest BCUT2D eigenvalue weighted by Gasteiger charge is -2.15. The highest BCUT2D eigenvalue weighted by Gasteiger charge is 2.32. The Kier molecular flexibility index (Phi) is 6.11. The lowest BCUT2D eigenvalue weighted by molar-refractivity contribution is -0.137. The van der Waals surface area contributed by atoms with Gasteiger partial charge < -0.3 is 9.88 Å². The summed E-state index contributed by atoms with van der Waals surface area (Å²) in [5.74, 6) is -3.88. The van der Waals surface area contributed by atoms with Crippen molar-refractivity contribution >= 4 is 45.8 Å². The second-order valence-electron chi connectivity index (χ2n) is 8.44. The van der Waals surface area contributed by atoms with E-state index in [-0.39, 0.29) is 33.4 Å². The smallest absolute Gasteiger partial charge is 0.321 e. The molecule has 0 unspecified atom stereocenters. The fraction of sp³-hybridized carbons (Fsp3) is 0.0769. The van der Waals surface area contributed by atoms with Crippen molar-refractivity contribution in [3.63, 3.8) is 0 Å². The normalized spacial score (nSPS) is 11.6. The number of nitrogens with zero attached hydrogens (tertiary/aromatic N) is 4. The van der Waals surface area contributed by atoms with Gasteiger partial charge in [-0.1, -0.05) is 11.6 Å². The zero-order valence-electron chi connectivity index (χ0n) is 19.6. The molecule has 0 aliphatic rings. The summed E-state index contributed by atoms with van der Waals surface area (Å²) in [6, 6.07) is 7.52. The first-order valence-corrected chi connectivity index (χ1v) is 11.4. The third-order valence-corrected chi connectivity index (χ3v) is 6.37. The second kappa shape index (κ2) is 9.21. The third kappa shape index (κ3) is 4.36. The van der Waals surface area contributed by atoms with E-state index in [9.17, 15) is 36.8 Å². The molecule has 5 aromatic rings. The molecule has 3 aromatic carbocycles. The largest absolute Gasteiger partial charge is 0.416 e. The van der Waals surface area contributed by atoms with Gasteiger partial charge in [0.15, 0.2) is 5.78 Å². The van der Waals surface area contributed by atoms with E-state index >= 15 is 0 Å². The number of imidazole rings is 2. The first kappa shape index (κ1) is 25.9. The van der Waals surface area contributed by atoms with Gasteiger partial charge in [-0.05, 0) is 42.5 Å². The van der Waals surface area contributed by atoms with Gasteiger partial charge in [-0.15, -0.1) is 0 Å². The van der Waals surface area contributed by atoms with Gasteiger partial charge in [0.05, 0.1) is 38.4 Å². The van der Waals surface area contributed by atoms with E-state index in [0.29, 0.717) is 23.4 Å². The van der Waals surface area contributed by atoms with Crippen LogP contribution in [-0.2, 0) is 13.2 Å². The molecule has 0 fully saturated rings. The van der Waals surface area contributed by atoms with Crippen LogP contribution in [0.1, 0.15) is 37.4 Å². The van der Waals surface area contributed by atoms with Gasteiger partial charge in [-0.25, -0.2) is 13.8 Å². The van der Waals surface area contributed by atoms with Crippen molar-refractivity contribution in [2.45, 2.75) is 6.18 Å². The lowest BCUT2D eigenvalue weighted by atomic mass is 9.95. The first-order valence-electron chi connectivity index (χ1n) is 11.0. The maximum Gasteiger partial charge on any atom is 0.416 e. The summed E-state index contributed by atoms with van der Waals surface area (Å²) in [6.07, 6.45) is -1.91. The molecule has 2 aromatic heterocycles. The van der Waals surface area contributed by atoms with E-state index in [1.807, 2.05) is 6.07 Å². The Morgan fingerprint density at radius 1 is 1.08 bits per heavy atom. The number of anilines is 1. The summed E-state index contributed by atoms with van der Waals surface area (Å²) in [7, 11) is 1.58. The van der Waals surface area contributed by atoms with E-state index in [2.05, 4.69) is 10.3 Å². The Hall–Kier alpha value is -4.76. The van der Waals surface area contributed by atoms with Gasteiger partial charge in [-0.2, -0.15) is 18.4 Å². The second-order valence-corrected chi connectivity index (χ2v) is 8.85. The zero-order chi connectivity index (χ0) is 28.2. The molecule has 39 heavy (non-hydrogen) atoms. The molecule has 196 valence electrons. The van der Waals surface area contributed by atoms with Crippen molar-refractivity contribution in [1.82, 2.24) is 14.0 Å². The van der Waals surface area contributed by atoms with Crippen LogP contribution in [0.2, 0.25) is 5.02 Å². The number of halogens is 6. The standard InChI is InChI=1S/C26H13ClF5N5O2/c1-36-22-17(11-33)21(23(38)16-9-14(28)2-3-18(16)27)19(10-20(22)37-5-4-34-25(36)37)35-24(39)12-6-13(26(30,31)32)8-15(29)7-12/h2-10H,1H3,(H,35,39). The van der Waals surface area contributed by atoms with E-state index in [4.69, 9.17) is 11.6 Å². The van der Waals surface area contributed by atoms with Crippen molar-refractivity contribution in [1.29, 1.82) is 5.26 Å². The average molecular weight is 558 g/mol. The van der Waals surface area contributed by atoms with Crippen LogP contribution >= 0.6 is 11.6 Å². The fourth-order valence-electron chi connectivity index (χ4n) is 4.34. The van der Waals surface area contributed by atoms with Gasteiger partial charge in [0, 0.05) is 30.6 Å². The molecule has 0 saturated carbocycles. The van der Waals surface area contributed by atoms with E-state index in [1.165, 1.54) is 16.8 Å². The maximum absolute atomic E-state index is 14.0. The van der Waals surface area contributed by atoms with E-state index in [0.717, 1.165) is 18.2 Å². The van der Waals surface area contributed by atoms with E-state index < -0.39 is 46.2 Å². The van der Waals surface area contributed by atoms with Crippen molar-refractivity contribution < 1.29 is 31.5 Å². The highest BCUT2D eigenvalue weighted by atomic mass is 35.5. The van der Waals surface area contributed by atoms with Crippen LogP contribution in [0.4, 0.5) is 27.6 Å². The van der Waals surface area contributed by atoms with Gasteiger partial charge in [0.1, 0.15) is 17.7 Å². The molecule has 1 N–H and O–H groups in total. The summed E-state index contributed by atoms with van der Waals surface area (Å²) in [6.45, 7) is 0. The Morgan fingerprint density at radius 3 is 2.51 bits per heavy atom. The Balaban J connectivity index is 1.76. The van der Waals surface area contributed by atoms with Crippen LogP contribution in [0.15, 0.2) is 54.9 Å². The minimum atomic E-state index is -4.93. The number of nitriles is 1. The van der Waals surface area contributed by atoms with Crippen LogP contribution in [0.25, 0.3) is 16.8 Å². The molecule has 0 aliphatic carbocycles. The number of hydrogen-bond donors (Lipinski definition) is 1. The molecule has 2 heterocycles. The molecular weight excluding hydrogens is 545 g/mol. The summed E-state index contributed by atoms with van der Waals surface area (Å²) in [5, 5.41) is 12.3. The number of benzene rings is 3. The fourth-order valence-corrected chi connectivity index (χ4v) is 4.55. The van der Waals surface area contributed by atoms with Crippen molar-refractivity contribution in [3.05, 3.63) is 99.3 Å². The number of ketones is 1. The molecule has 0 atom stereocenters. The minimum absolute atomic E-state index is 0.149. The topological polar surface area (TPSA) is 92.2 Å². The number of aryl methyl sites for hydroxylation is 1. The number of hydrogen-bond acceptors (Lipinski definition) is 4. The molecule has 13 heteroatoms. The first-order chi connectivity index (χ1) is 18.4. The number of aromatic nitrogens is 3. The summed E-state index contributed by atoms with van der Waals surface area (Å²) in [5.41, 5.74) is -2.80. The average Bonchev–Trinajstić information content (AvgIpc) is 3.46. The zero-order valence-corrected chi connectivity index (χ0v) is 20.3. The molecule has 0 radical (unpaired) electrons. The predicted octanol–water partition coefficient (Wildman–Crippen LogP) is 6.13. The number of carbonyl (C=O) groups excluding carboxylic acids is 2. The van der Waals surface area contributed by atoms with Gasteiger partial charge >= 0.3 is 6.18 Å². The number of carbonyl (C=O) groups is 2. The number of alkyl halides is 3. The number of amides is 1. The van der Waals surface area contributed by atoms with Crippen molar-refractivity contribution in [2.75, 3.05) is 5.32 Å². The molecular formula is C26H13ClF5N5O2. The lowest BCUT2D eigenvalue weighted by Crippen LogP contribution is -2.18. The number of fused-ring (bicyclic) bond motifs is 3. The predicted molar refractivity (Wildman–Crippen MR) is 131 cm³/mol. The van der Waals surface area contributed by atoms with Crippen LogP contribution in [0, 0.1) is 23.0 Å². The van der Waals surface area contributed by atoms with Crippen LogP contribution in [-0.4, -0.2) is 25.6 Å². The van der Waals surface area contributed by atoms with Gasteiger partial charge in [-0.3, -0.25) is 14.0 Å². The molecule has 0 spiro atoms. The Bertz CT molecular complexity index is 1880. The molecule has 5 rings (SSSR count). The van der Waals surface area contributed by atoms with Crippen LogP contribution in [0.5, 0.6) is 0 Å². The maximum atomic E-state index is 14.0. The summed E-state index contributed by atoms with van der Waals surface area (Å²) in [4.78, 5) is 31.0. The van der Waals surface area contributed by atoms with Gasteiger partial charge in [0.25, 0.3) is 5.91 Å². The Morgan fingerprint density at radius 2 is 1.82 bits per heavy atom. The van der Waals surface area contributed by atoms with E-state index in [1.54, 1.807) is 17.6 Å². The van der Waals surface area contributed by atoms with Gasteiger partial charge in [0.2, 0.25) is 5.78 Å². The Labute approximate surface area is 220 Å². The SMILES string of the molecule is Cn1c2c(C#N)c(C(=O)c3cc(F)ccc3Cl)c(NC(=O)c3cc(F)cc(C(F)(F)F)c3)cc2n2ccnc12. The quantitative estimate of drug-likeness (QED) is 0.212. The van der Waals surface area contributed by atoms with Crippen LogP contribution in [0.3, 0.4) is 0 Å². The molecule has 7 nitrogen and oxygen atoms in total. The summed E-state index contributed by atoms with van der Waals surface area (Å²) >= 11 is 6.14. The highest BCUT2D eigenvalue weighted by Crippen LogP contribution is 2.35. The van der Waals surface area contributed by atoms with Crippen molar-refractivity contribution in [3.8, 4) is 6.07 Å². The molecule has 1 amide bonds. The molecule has 0 saturated heterocycles. The molecule has 0 bridgehead atoms. The highest BCUT2D eigenvalue weighted by molar-refractivity contribution is 6.35. The summed E-state index contributed by atoms with van der Waals surface area (Å²) < 4.78 is 70.8. The molecule has 0 aliphatic heterocycles. The number of rotatable bonds is 4.